The van der Waals surface area contributed by atoms with Gasteiger partial charge in [-0.25, -0.2) is 0 Å². The molecule has 12 aromatic carbocycles. The monoisotopic (exact) mass is 794 g/mol. The van der Waals surface area contributed by atoms with E-state index in [1.807, 2.05) is 13.8 Å². The van der Waals surface area contributed by atoms with Crippen LogP contribution in [0.5, 0.6) is 0 Å². The molecule has 0 bridgehead atoms. The first-order chi connectivity index (χ1) is 29.7. The van der Waals surface area contributed by atoms with E-state index in [1.165, 1.54) is 120 Å². The van der Waals surface area contributed by atoms with Crippen molar-refractivity contribution in [1.82, 2.24) is 0 Å². The van der Waals surface area contributed by atoms with Crippen LogP contribution in [0.1, 0.15) is 28.7 Å². The number of hydrogen-bond acceptors (Lipinski definition) is 0. The van der Waals surface area contributed by atoms with Gasteiger partial charge in [-0.3, -0.25) is 0 Å². The molecule has 0 atom stereocenters. The molecule has 0 aliphatic carbocycles. The van der Waals surface area contributed by atoms with Crippen molar-refractivity contribution in [3.8, 4) is 55.6 Å². The molecule has 0 nitrogen and oxygen atoms in total. The summed E-state index contributed by atoms with van der Waals surface area (Å²) in [6.07, 6.45) is 0. The fourth-order valence-corrected chi connectivity index (χ4v) is 9.69. The van der Waals surface area contributed by atoms with Crippen molar-refractivity contribution >= 4 is 64.6 Å². The summed E-state index contributed by atoms with van der Waals surface area (Å²) in [6, 6.07) is 81.1. The highest BCUT2D eigenvalue weighted by atomic mass is 14.2. The summed E-state index contributed by atoms with van der Waals surface area (Å²) in [5.41, 5.74) is 12.3. The standard InChI is InChI=1S/C58H36.C2H6.2CH4/c1-2-12-37(13-3-1)43-18-11-19-44(32-43)46-34-47(49-30-28-41-26-25-39-16-10-17-40-29-31-54(49)58(41)55(39)40)36-48(35-46)57-52-22-8-6-20-50(52)56(51-21-7-9-23-53(51)57)45-27-24-38-14-4-5-15-42(38)33-45;1-2;;/h1-36H;1-2H3;2*1H4. The van der Waals surface area contributed by atoms with Gasteiger partial charge in [0.05, 0.1) is 0 Å². The molecular weight excluding hydrogens is 745 g/mol. The van der Waals surface area contributed by atoms with Gasteiger partial charge in [0.15, 0.2) is 0 Å². The van der Waals surface area contributed by atoms with Crippen molar-refractivity contribution in [2.45, 2.75) is 28.7 Å². The van der Waals surface area contributed by atoms with E-state index in [-0.39, 0.29) is 14.9 Å². The lowest BCUT2D eigenvalue weighted by atomic mass is 9.83. The number of fused-ring (bicyclic) bond motifs is 3. The number of hydrogen-bond donors (Lipinski definition) is 0. The van der Waals surface area contributed by atoms with Crippen molar-refractivity contribution in [3.63, 3.8) is 0 Å². The minimum absolute atomic E-state index is 0. The van der Waals surface area contributed by atoms with E-state index < -0.39 is 0 Å². The molecule has 12 rings (SSSR count). The van der Waals surface area contributed by atoms with Crippen LogP contribution in [0.3, 0.4) is 0 Å². The summed E-state index contributed by atoms with van der Waals surface area (Å²) in [5.74, 6) is 0. The van der Waals surface area contributed by atoms with Crippen molar-refractivity contribution in [1.29, 1.82) is 0 Å². The Kier molecular flexibility index (Phi) is 10.6. The highest BCUT2D eigenvalue weighted by Crippen LogP contribution is 2.47. The average Bonchev–Trinajstić information content (AvgIpc) is 3.33. The van der Waals surface area contributed by atoms with Crippen LogP contribution < -0.4 is 0 Å². The Labute approximate surface area is 365 Å². The molecule has 0 N–H and O–H groups in total. The quantitative estimate of drug-likeness (QED) is 0.120. The fraction of sp³-hybridized carbons (Fsp3) is 0.0645. The average molecular weight is 795 g/mol. The highest BCUT2D eigenvalue weighted by Gasteiger charge is 2.20. The van der Waals surface area contributed by atoms with Crippen LogP contribution in [0.4, 0.5) is 0 Å². The van der Waals surface area contributed by atoms with Crippen molar-refractivity contribution in [2.24, 2.45) is 0 Å². The Balaban J connectivity index is 0.00000121. The van der Waals surface area contributed by atoms with Crippen LogP contribution in [-0.2, 0) is 0 Å². The van der Waals surface area contributed by atoms with Gasteiger partial charge in [-0.05, 0) is 151 Å². The van der Waals surface area contributed by atoms with E-state index >= 15 is 0 Å². The molecule has 0 fully saturated rings. The van der Waals surface area contributed by atoms with Gasteiger partial charge in [-0.15, -0.1) is 0 Å². The normalized spacial score (nSPS) is 11.1. The lowest BCUT2D eigenvalue weighted by Crippen LogP contribution is -1.93. The molecule has 0 saturated carbocycles. The summed E-state index contributed by atoms with van der Waals surface area (Å²) in [5, 5.41) is 15.3. The van der Waals surface area contributed by atoms with Crippen LogP contribution in [0.25, 0.3) is 120 Å². The predicted octanol–water partition coefficient (Wildman–Crippen LogP) is 18.7. The Morgan fingerprint density at radius 1 is 0.226 bits per heavy atom. The van der Waals surface area contributed by atoms with Crippen LogP contribution >= 0.6 is 0 Å². The third kappa shape index (κ3) is 6.57. The molecule has 0 amide bonds. The second-order valence-corrected chi connectivity index (χ2v) is 15.6. The van der Waals surface area contributed by atoms with E-state index in [9.17, 15) is 0 Å². The molecule has 0 aliphatic heterocycles. The summed E-state index contributed by atoms with van der Waals surface area (Å²) in [6.45, 7) is 4.00. The molecule has 0 heteroatoms. The zero-order chi connectivity index (χ0) is 40.2. The maximum absolute atomic E-state index is 2.45. The molecule has 0 unspecified atom stereocenters. The molecule has 0 aliphatic rings. The molecule has 0 spiro atoms. The SMILES string of the molecule is C.C.CC.c1ccc(-c2cccc(-c3cc(-c4c5ccccc5c(-c5ccc6ccccc6c5)c5ccccc45)cc(-c4ccc5ccc6cccc7ccc4c5c67)c3)c2)cc1. The van der Waals surface area contributed by atoms with Crippen LogP contribution in [0, 0.1) is 0 Å². The fourth-order valence-electron chi connectivity index (χ4n) is 9.69. The Morgan fingerprint density at radius 2 is 0.661 bits per heavy atom. The lowest BCUT2D eigenvalue weighted by molar-refractivity contribution is 1.50. The van der Waals surface area contributed by atoms with Gasteiger partial charge in [0.1, 0.15) is 0 Å². The third-order valence-electron chi connectivity index (χ3n) is 12.3. The second-order valence-electron chi connectivity index (χ2n) is 15.6. The summed E-state index contributed by atoms with van der Waals surface area (Å²) >= 11 is 0. The first-order valence-electron chi connectivity index (χ1n) is 21.2. The number of rotatable bonds is 5. The van der Waals surface area contributed by atoms with Gasteiger partial charge >= 0.3 is 0 Å². The Morgan fingerprint density at radius 3 is 1.34 bits per heavy atom. The molecule has 12 aromatic rings. The maximum atomic E-state index is 2.45. The van der Waals surface area contributed by atoms with Crippen LogP contribution in [-0.4, -0.2) is 0 Å². The summed E-state index contributed by atoms with van der Waals surface area (Å²) in [4.78, 5) is 0. The van der Waals surface area contributed by atoms with Gasteiger partial charge in [0.2, 0.25) is 0 Å². The Bertz CT molecular complexity index is 3480. The summed E-state index contributed by atoms with van der Waals surface area (Å²) in [7, 11) is 0. The molecule has 62 heavy (non-hydrogen) atoms. The van der Waals surface area contributed by atoms with Crippen LogP contribution in [0.2, 0.25) is 0 Å². The summed E-state index contributed by atoms with van der Waals surface area (Å²) < 4.78 is 0. The smallest absolute Gasteiger partial charge is 0.00206 e. The molecular formula is C62H50. The van der Waals surface area contributed by atoms with Gasteiger partial charge in [-0.2, -0.15) is 0 Å². The highest BCUT2D eigenvalue weighted by molar-refractivity contribution is 6.26. The van der Waals surface area contributed by atoms with Crippen molar-refractivity contribution < 1.29 is 0 Å². The predicted molar refractivity (Wildman–Crippen MR) is 275 cm³/mol. The van der Waals surface area contributed by atoms with E-state index in [0.29, 0.717) is 0 Å². The van der Waals surface area contributed by atoms with Gasteiger partial charge < -0.3 is 0 Å². The molecule has 0 heterocycles. The molecule has 0 aromatic heterocycles. The lowest BCUT2D eigenvalue weighted by Gasteiger charge is -2.20. The van der Waals surface area contributed by atoms with E-state index in [4.69, 9.17) is 0 Å². The first-order valence-corrected chi connectivity index (χ1v) is 21.2. The van der Waals surface area contributed by atoms with Gasteiger partial charge in [0, 0.05) is 0 Å². The maximum Gasteiger partial charge on any atom is -0.00206 e. The third-order valence-corrected chi connectivity index (χ3v) is 12.3. The zero-order valence-corrected chi connectivity index (χ0v) is 33.8. The van der Waals surface area contributed by atoms with Gasteiger partial charge in [0.25, 0.3) is 0 Å². The van der Waals surface area contributed by atoms with E-state index in [1.54, 1.807) is 0 Å². The minimum Gasteiger partial charge on any atom is -0.0776 e. The van der Waals surface area contributed by atoms with Gasteiger partial charge in [-0.1, -0.05) is 217 Å². The van der Waals surface area contributed by atoms with Crippen molar-refractivity contribution in [3.05, 3.63) is 218 Å². The molecule has 298 valence electrons. The van der Waals surface area contributed by atoms with E-state index in [2.05, 4.69) is 218 Å². The first kappa shape index (κ1) is 39.9. The second kappa shape index (κ2) is 16.5. The van der Waals surface area contributed by atoms with E-state index in [0.717, 1.165) is 0 Å². The topological polar surface area (TPSA) is 0 Å². The Hall–Kier alpha value is -7.54. The molecule has 0 saturated heterocycles. The minimum atomic E-state index is 0. The molecule has 0 radical (unpaired) electrons. The van der Waals surface area contributed by atoms with Crippen LogP contribution in [0.15, 0.2) is 218 Å². The largest absolute Gasteiger partial charge is 0.0776 e. The number of benzene rings is 12. The zero-order valence-electron chi connectivity index (χ0n) is 33.8. The van der Waals surface area contributed by atoms with Crippen molar-refractivity contribution in [2.75, 3.05) is 0 Å².